The van der Waals surface area contributed by atoms with Crippen LogP contribution in [0.1, 0.15) is 22.3 Å². The van der Waals surface area contributed by atoms with E-state index in [4.69, 9.17) is 0 Å². The third-order valence-corrected chi connectivity index (χ3v) is 6.97. The Morgan fingerprint density at radius 1 is 1.00 bits per heavy atom. The van der Waals surface area contributed by atoms with Gasteiger partial charge in [-0.05, 0) is 6.07 Å². The van der Waals surface area contributed by atoms with Crippen LogP contribution in [-0.4, -0.2) is 26.9 Å². The number of carbonyl (C=O) groups excluding carboxylic acids is 2. The van der Waals surface area contributed by atoms with Gasteiger partial charge in [-0.2, -0.15) is 0 Å². The molecule has 2 aromatic carbocycles. The molecule has 4 aromatic rings. The van der Waals surface area contributed by atoms with E-state index < -0.39 is 0 Å². The summed E-state index contributed by atoms with van der Waals surface area (Å²) >= 11 is 1.79. The summed E-state index contributed by atoms with van der Waals surface area (Å²) in [6.45, 7) is 0. The molecule has 0 unspecified atom stereocenters. The Morgan fingerprint density at radius 3 is 2.75 bits per heavy atom. The first-order chi connectivity index (χ1) is 13.7. The first kappa shape index (κ1) is 14.9. The van der Waals surface area contributed by atoms with Gasteiger partial charge in [0.25, 0.3) is 0 Å². The highest BCUT2D eigenvalue weighted by atomic mass is 32.2. The van der Waals surface area contributed by atoms with E-state index in [1.54, 1.807) is 17.8 Å². The van der Waals surface area contributed by atoms with Crippen LogP contribution in [-0.2, 0) is 16.5 Å². The lowest BCUT2D eigenvalue weighted by Crippen LogP contribution is -2.28. The highest BCUT2D eigenvalue weighted by molar-refractivity contribution is 7.97. The van der Waals surface area contributed by atoms with Crippen molar-refractivity contribution in [3.05, 3.63) is 46.0 Å². The van der Waals surface area contributed by atoms with Crippen molar-refractivity contribution in [2.75, 3.05) is 0 Å². The summed E-state index contributed by atoms with van der Waals surface area (Å²) in [6, 6.07) is 8.45. The fourth-order valence-corrected chi connectivity index (χ4v) is 6.05. The topological polar surface area (TPSA) is 56.4 Å². The first-order valence-electron chi connectivity index (χ1n) is 9.22. The molecule has 0 fully saturated rings. The number of fused-ring (bicyclic) bond motifs is 9. The number of hydrogen-bond acceptors (Lipinski definition) is 4. The summed E-state index contributed by atoms with van der Waals surface area (Å²) in [5.41, 5.74) is 5.16. The summed E-state index contributed by atoms with van der Waals surface area (Å²) in [4.78, 5) is 29.6. The van der Waals surface area contributed by atoms with Crippen LogP contribution in [0.5, 0.6) is 0 Å². The van der Waals surface area contributed by atoms with Gasteiger partial charge < -0.3 is 9.13 Å². The van der Waals surface area contributed by atoms with Gasteiger partial charge in [-0.15, -0.1) is 11.8 Å². The number of thioether (sulfide) groups is 1. The maximum absolute atomic E-state index is 12.9. The smallest absolute Gasteiger partial charge is 0.173 e. The standard InChI is InChI=1S/C22H13N3O2S/c26-11-5-16-20(17(27)6-11)19-14-8-23-7-13(14)18-12-3-1-2-4-15(12)24-9-28-10-25(16)22(19)21(18)24/h1-5,7-8H,6,9-10H2. The summed E-state index contributed by atoms with van der Waals surface area (Å²) in [6.07, 6.45) is 5.38. The second-order valence-electron chi connectivity index (χ2n) is 7.49. The van der Waals surface area contributed by atoms with Gasteiger partial charge in [0.05, 0.1) is 40.1 Å². The Bertz CT molecular complexity index is 1600. The van der Waals surface area contributed by atoms with E-state index >= 15 is 0 Å². The molecule has 2 aliphatic heterocycles. The van der Waals surface area contributed by atoms with Gasteiger partial charge in [0, 0.05) is 50.9 Å². The fourth-order valence-electron chi connectivity index (χ4n) is 5.07. The highest BCUT2D eigenvalue weighted by Crippen LogP contribution is 2.39. The Kier molecular flexibility index (Phi) is 2.57. The molecular weight excluding hydrogens is 370 g/mol. The van der Waals surface area contributed by atoms with Crippen molar-refractivity contribution in [3.8, 4) is 0 Å². The number of aliphatic imine (C=N–C) groups is 1. The van der Waals surface area contributed by atoms with E-state index in [2.05, 4.69) is 38.4 Å². The average Bonchev–Trinajstić information content (AvgIpc) is 3.31. The van der Waals surface area contributed by atoms with E-state index in [-0.39, 0.29) is 18.0 Å². The average molecular weight is 383 g/mol. The number of benzene rings is 2. The molecule has 5 nitrogen and oxygen atoms in total. The van der Waals surface area contributed by atoms with Crippen LogP contribution in [0, 0.1) is 0 Å². The normalized spacial score (nSPS) is 17.3. The minimum Gasteiger partial charge on any atom is -0.329 e. The van der Waals surface area contributed by atoms with Gasteiger partial charge in [-0.25, -0.2) is 0 Å². The van der Waals surface area contributed by atoms with Gasteiger partial charge in [-0.1, -0.05) is 18.2 Å². The second-order valence-corrected chi connectivity index (χ2v) is 8.41. The molecule has 2 aromatic heterocycles. The summed E-state index contributed by atoms with van der Waals surface area (Å²) in [5, 5.41) is 5.11. The number of ketones is 2. The lowest BCUT2D eigenvalue weighted by molar-refractivity contribution is -0.112. The lowest BCUT2D eigenvalue weighted by Gasteiger charge is -2.07. The molecule has 0 amide bonds. The largest absolute Gasteiger partial charge is 0.329 e. The first-order valence-corrected chi connectivity index (χ1v) is 10.4. The molecule has 6 heteroatoms. The highest BCUT2D eigenvalue weighted by Gasteiger charge is 2.31. The molecule has 0 N–H and O–H groups in total. The van der Waals surface area contributed by atoms with E-state index in [0.717, 1.165) is 38.4 Å². The Hall–Kier alpha value is -3.12. The molecule has 0 atom stereocenters. The summed E-state index contributed by atoms with van der Waals surface area (Å²) in [7, 11) is 0. The Balaban J connectivity index is 1.92. The summed E-state index contributed by atoms with van der Waals surface area (Å²) in [5.74, 6) is 1.35. The van der Waals surface area contributed by atoms with Gasteiger partial charge in [0.2, 0.25) is 0 Å². The minimum absolute atomic E-state index is 0.0457. The molecule has 0 bridgehead atoms. The van der Waals surface area contributed by atoms with Crippen molar-refractivity contribution in [3.63, 3.8) is 0 Å². The van der Waals surface area contributed by atoms with E-state index in [1.807, 2.05) is 12.4 Å². The van der Waals surface area contributed by atoms with Gasteiger partial charge in [0.1, 0.15) is 0 Å². The molecule has 1 aliphatic carbocycles. The van der Waals surface area contributed by atoms with Gasteiger partial charge >= 0.3 is 0 Å². The van der Waals surface area contributed by atoms with Crippen molar-refractivity contribution in [1.29, 1.82) is 0 Å². The van der Waals surface area contributed by atoms with Crippen LogP contribution >= 0.6 is 11.8 Å². The zero-order valence-electron chi connectivity index (χ0n) is 14.7. The maximum atomic E-state index is 12.9. The molecule has 0 saturated carbocycles. The van der Waals surface area contributed by atoms with Crippen LogP contribution in [0.25, 0.3) is 45.0 Å². The molecule has 0 spiro atoms. The molecule has 3 aliphatic rings. The van der Waals surface area contributed by atoms with Gasteiger partial charge in [-0.3, -0.25) is 14.6 Å². The van der Waals surface area contributed by atoms with Crippen molar-refractivity contribution in [1.82, 2.24) is 9.13 Å². The Morgan fingerprint density at radius 2 is 1.82 bits per heavy atom. The number of carbonyl (C=O) groups is 2. The van der Waals surface area contributed by atoms with E-state index in [0.29, 0.717) is 11.4 Å². The monoisotopic (exact) mass is 383 g/mol. The molecule has 4 heterocycles. The van der Waals surface area contributed by atoms with E-state index in [1.165, 1.54) is 16.3 Å². The van der Waals surface area contributed by atoms with Crippen LogP contribution in [0.15, 0.2) is 29.3 Å². The maximum Gasteiger partial charge on any atom is 0.173 e. The van der Waals surface area contributed by atoms with Crippen molar-refractivity contribution >= 4 is 74.5 Å². The third-order valence-electron chi connectivity index (χ3n) is 6.09. The van der Waals surface area contributed by atoms with Crippen molar-refractivity contribution in [2.45, 2.75) is 18.2 Å². The van der Waals surface area contributed by atoms with Crippen LogP contribution in [0.3, 0.4) is 0 Å². The summed E-state index contributed by atoms with van der Waals surface area (Å²) < 4.78 is 4.52. The van der Waals surface area contributed by atoms with Gasteiger partial charge in [0.15, 0.2) is 11.6 Å². The number of nitrogens with zero attached hydrogens (tertiary/aromatic N) is 3. The SMILES string of the molecule is O=C1C=c2c(c3c4c(c5c6ccccc6n6c5c3n2CSC6)C=NC=4)C(=O)C1. The quantitative estimate of drug-likeness (QED) is 0.439. The number of hydrogen-bond donors (Lipinski definition) is 0. The lowest BCUT2D eigenvalue weighted by atomic mass is 9.95. The molecular formula is C22H13N3O2S. The fraction of sp³-hybridized carbons (Fsp3) is 0.136. The minimum atomic E-state index is -0.112. The third kappa shape index (κ3) is 1.56. The zero-order chi connectivity index (χ0) is 18.6. The predicted octanol–water partition coefficient (Wildman–Crippen LogP) is 2.52. The van der Waals surface area contributed by atoms with Crippen LogP contribution in [0.4, 0.5) is 0 Å². The van der Waals surface area contributed by atoms with Crippen molar-refractivity contribution in [2.24, 2.45) is 4.99 Å². The Labute approximate surface area is 162 Å². The molecule has 0 radical (unpaired) electrons. The van der Waals surface area contributed by atoms with Crippen LogP contribution in [0.2, 0.25) is 0 Å². The number of rotatable bonds is 0. The molecule has 28 heavy (non-hydrogen) atoms. The predicted molar refractivity (Wildman–Crippen MR) is 112 cm³/mol. The molecule has 7 rings (SSSR count). The molecule has 0 saturated heterocycles. The van der Waals surface area contributed by atoms with E-state index in [9.17, 15) is 9.59 Å². The number of Topliss-reactive ketones (excluding diaryl/α,β-unsaturated/α-hetero) is 2. The second kappa shape index (κ2) is 4.83. The van der Waals surface area contributed by atoms with Crippen LogP contribution < -0.4 is 10.6 Å². The number of aromatic nitrogens is 2. The number of para-hydroxylation sites is 1. The molecule has 134 valence electrons. The zero-order valence-corrected chi connectivity index (χ0v) is 15.5. The van der Waals surface area contributed by atoms with Crippen molar-refractivity contribution < 1.29 is 9.59 Å².